The summed E-state index contributed by atoms with van der Waals surface area (Å²) in [6, 6.07) is 8.45. The van der Waals surface area contributed by atoms with Crippen molar-refractivity contribution in [3.05, 3.63) is 29.8 Å². The van der Waals surface area contributed by atoms with Crippen molar-refractivity contribution >= 4 is 29.9 Å². The molecule has 7 nitrogen and oxygen atoms in total. The Morgan fingerprint density at radius 3 is 2.76 bits per heavy atom. The van der Waals surface area contributed by atoms with Crippen LogP contribution in [-0.2, 0) is 9.47 Å². The molecule has 2 heterocycles. The minimum absolute atomic E-state index is 0. The number of benzene rings is 1. The maximum absolute atomic E-state index is 5.97. The summed E-state index contributed by atoms with van der Waals surface area (Å²) in [6.07, 6.45) is 2.55. The van der Waals surface area contributed by atoms with Crippen LogP contribution >= 0.6 is 24.0 Å². The fourth-order valence-corrected chi connectivity index (χ4v) is 3.96. The van der Waals surface area contributed by atoms with Crippen LogP contribution in [0.5, 0.6) is 5.75 Å². The zero-order valence-corrected chi connectivity index (χ0v) is 20.3. The van der Waals surface area contributed by atoms with Crippen LogP contribution < -0.4 is 10.1 Å². The monoisotopic (exact) mass is 518 g/mol. The van der Waals surface area contributed by atoms with Gasteiger partial charge in [0.1, 0.15) is 11.9 Å². The molecular weight excluding hydrogens is 483 g/mol. The Hall–Kier alpha value is -1.10. The van der Waals surface area contributed by atoms with E-state index < -0.39 is 0 Å². The summed E-state index contributed by atoms with van der Waals surface area (Å²) in [4.78, 5) is 9.02. The van der Waals surface area contributed by atoms with E-state index in [0.717, 1.165) is 50.8 Å². The first kappa shape index (κ1) is 24.2. The van der Waals surface area contributed by atoms with Crippen molar-refractivity contribution in [1.29, 1.82) is 0 Å². The second-order valence-electron chi connectivity index (χ2n) is 7.59. The molecule has 3 atom stereocenters. The second-order valence-corrected chi connectivity index (χ2v) is 7.59. The number of nitrogens with one attached hydrogen (secondary N) is 1. The maximum atomic E-state index is 5.97. The molecule has 3 unspecified atom stereocenters. The number of rotatable bonds is 6. The molecule has 1 aromatic rings. The van der Waals surface area contributed by atoms with Crippen molar-refractivity contribution < 1.29 is 14.2 Å². The molecular formula is C21H35IN4O3. The molecule has 0 amide bonds. The number of aliphatic imine (C=N–C) groups is 1. The van der Waals surface area contributed by atoms with Crippen LogP contribution in [0.1, 0.15) is 24.4 Å². The van der Waals surface area contributed by atoms with Crippen LogP contribution in [0.2, 0.25) is 0 Å². The third-order valence-corrected chi connectivity index (χ3v) is 5.54. The average Bonchev–Trinajstić information content (AvgIpc) is 3.26. The Balaban J connectivity index is 0.00000300. The van der Waals surface area contributed by atoms with E-state index in [-0.39, 0.29) is 42.2 Å². The molecule has 2 saturated heterocycles. The number of ether oxygens (including phenoxy) is 3. The number of nitrogens with zero attached hydrogens (tertiary/aromatic N) is 3. The molecule has 0 bridgehead atoms. The third kappa shape index (κ3) is 6.44. The minimum atomic E-state index is 0. The summed E-state index contributed by atoms with van der Waals surface area (Å²) in [6.45, 7) is 3.97. The van der Waals surface area contributed by atoms with Crippen molar-refractivity contribution in [2.45, 2.75) is 31.1 Å². The van der Waals surface area contributed by atoms with Gasteiger partial charge in [-0.3, -0.25) is 4.99 Å². The number of methoxy groups -OCH3 is 1. The Morgan fingerprint density at radius 2 is 2.10 bits per heavy atom. The van der Waals surface area contributed by atoms with Gasteiger partial charge in [-0.2, -0.15) is 0 Å². The van der Waals surface area contributed by atoms with Crippen molar-refractivity contribution in [3.63, 3.8) is 0 Å². The summed E-state index contributed by atoms with van der Waals surface area (Å²) < 4.78 is 17.2. The Labute approximate surface area is 191 Å². The molecule has 0 aromatic heterocycles. The van der Waals surface area contributed by atoms with Crippen molar-refractivity contribution in [2.24, 2.45) is 4.99 Å². The first-order valence-electron chi connectivity index (χ1n) is 10.1. The SMILES string of the molecule is CN=C(NCC(c1cccc(OC)c1)N(C)C)N1CCOC(C2CCCO2)C1.I. The lowest BCUT2D eigenvalue weighted by Crippen LogP contribution is -2.54. The van der Waals surface area contributed by atoms with Gasteiger partial charge in [0.15, 0.2) is 5.96 Å². The highest BCUT2D eigenvalue weighted by Crippen LogP contribution is 2.23. The predicted molar refractivity (Wildman–Crippen MR) is 126 cm³/mol. The van der Waals surface area contributed by atoms with Crippen LogP contribution in [0.3, 0.4) is 0 Å². The molecule has 3 rings (SSSR count). The number of guanidine groups is 1. The Bertz CT molecular complexity index is 653. The van der Waals surface area contributed by atoms with Crippen LogP contribution in [-0.4, -0.2) is 89.1 Å². The highest BCUT2D eigenvalue weighted by molar-refractivity contribution is 14.0. The van der Waals surface area contributed by atoms with Gasteiger partial charge in [-0.15, -0.1) is 24.0 Å². The van der Waals surface area contributed by atoms with Gasteiger partial charge < -0.3 is 29.3 Å². The van der Waals surface area contributed by atoms with Gasteiger partial charge >= 0.3 is 0 Å². The second kappa shape index (κ2) is 11.9. The maximum Gasteiger partial charge on any atom is 0.193 e. The predicted octanol–water partition coefficient (Wildman–Crippen LogP) is 2.37. The number of likely N-dealkylation sites (N-methyl/N-ethyl adjacent to an activating group) is 1. The van der Waals surface area contributed by atoms with Crippen molar-refractivity contribution in [3.8, 4) is 5.75 Å². The molecule has 0 radical (unpaired) electrons. The normalized spacial score (nSPS) is 23.6. The van der Waals surface area contributed by atoms with E-state index in [4.69, 9.17) is 14.2 Å². The number of morpholine rings is 1. The lowest BCUT2D eigenvalue weighted by atomic mass is 10.1. The topological polar surface area (TPSA) is 58.6 Å². The van der Waals surface area contributed by atoms with E-state index >= 15 is 0 Å². The quantitative estimate of drug-likeness (QED) is 0.355. The molecule has 29 heavy (non-hydrogen) atoms. The molecule has 2 aliphatic rings. The van der Waals surface area contributed by atoms with E-state index in [0.29, 0.717) is 6.61 Å². The zero-order valence-electron chi connectivity index (χ0n) is 18.0. The number of hydrogen-bond acceptors (Lipinski definition) is 5. The molecule has 164 valence electrons. The largest absolute Gasteiger partial charge is 0.497 e. The number of hydrogen-bond donors (Lipinski definition) is 1. The molecule has 0 saturated carbocycles. The van der Waals surface area contributed by atoms with Crippen LogP contribution in [0.15, 0.2) is 29.3 Å². The summed E-state index contributed by atoms with van der Waals surface area (Å²) >= 11 is 0. The summed E-state index contributed by atoms with van der Waals surface area (Å²) in [5, 5.41) is 3.56. The summed E-state index contributed by atoms with van der Waals surface area (Å²) in [7, 11) is 7.73. The van der Waals surface area contributed by atoms with Gasteiger partial charge in [-0.05, 0) is 44.6 Å². The average molecular weight is 518 g/mol. The number of halogens is 1. The van der Waals surface area contributed by atoms with E-state index in [1.165, 1.54) is 5.56 Å². The van der Waals surface area contributed by atoms with Crippen LogP contribution in [0, 0.1) is 0 Å². The lowest BCUT2D eigenvalue weighted by molar-refractivity contribution is -0.0817. The van der Waals surface area contributed by atoms with Crippen molar-refractivity contribution in [1.82, 2.24) is 15.1 Å². The first-order valence-corrected chi connectivity index (χ1v) is 10.1. The van der Waals surface area contributed by atoms with Gasteiger partial charge in [-0.25, -0.2) is 0 Å². The van der Waals surface area contributed by atoms with Gasteiger partial charge in [0.05, 0.1) is 25.9 Å². The molecule has 8 heteroatoms. The highest BCUT2D eigenvalue weighted by Gasteiger charge is 2.32. The van der Waals surface area contributed by atoms with Crippen LogP contribution in [0.4, 0.5) is 0 Å². The van der Waals surface area contributed by atoms with Gasteiger partial charge in [0, 0.05) is 33.3 Å². The van der Waals surface area contributed by atoms with E-state index in [1.54, 1.807) is 7.11 Å². The first-order chi connectivity index (χ1) is 13.6. The Kier molecular flexibility index (Phi) is 9.94. The molecule has 1 aromatic carbocycles. The molecule has 2 fully saturated rings. The van der Waals surface area contributed by atoms with Crippen molar-refractivity contribution in [2.75, 3.05) is 61.1 Å². The van der Waals surface area contributed by atoms with E-state index in [2.05, 4.69) is 46.3 Å². The fraction of sp³-hybridized carbons (Fsp3) is 0.667. The molecule has 0 aliphatic carbocycles. The van der Waals surface area contributed by atoms with Crippen LogP contribution in [0.25, 0.3) is 0 Å². The zero-order chi connectivity index (χ0) is 19.9. The van der Waals surface area contributed by atoms with E-state index in [1.807, 2.05) is 19.2 Å². The molecule has 2 aliphatic heterocycles. The lowest BCUT2D eigenvalue weighted by Gasteiger charge is -2.37. The summed E-state index contributed by atoms with van der Waals surface area (Å²) in [5.74, 6) is 1.79. The minimum Gasteiger partial charge on any atom is -0.497 e. The highest BCUT2D eigenvalue weighted by atomic mass is 127. The fourth-order valence-electron chi connectivity index (χ4n) is 3.96. The van der Waals surface area contributed by atoms with Gasteiger partial charge in [0.25, 0.3) is 0 Å². The van der Waals surface area contributed by atoms with E-state index in [9.17, 15) is 0 Å². The third-order valence-electron chi connectivity index (χ3n) is 5.54. The van der Waals surface area contributed by atoms with Gasteiger partial charge in [0.2, 0.25) is 0 Å². The molecule has 1 N–H and O–H groups in total. The van der Waals surface area contributed by atoms with Gasteiger partial charge in [-0.1, -0.05) is 12.1 Å². The standard InChI is InChI=1S/C21H34N4O3.HI/c1-22-21(25-10-12-28-20(15-25)19-9-6-11-27-19)23-14-18(24(2)3)16-7-5-8-17(13-16)26-4;/h5,7-8,13,18-20H,6,9-12,14-15H2,1-4H3,(H,22,23);1H. The Morgan fingerprint density at radius 1 is 1.31 bits per heavy atom. The smallest absolute Gasteiger partial charge is 0.193 e. The summed E-state index contributed by atoms with van der Waals surface area (Å²) in [5.41, 5.74) is 1.21. The molecule has 0 spiro atoms.